The Morgan fingerprint density at radius 2 is 2.17 bits per heavy atom. The third-order valence-corrected chi connectivity index (χ3v) is 3.39. The van der Waals surface area contributed by atoms with Crippen molar-refractivity contribution in [2.24, 2.45) is 5.92 Å². The van der Waals surface area contributed by atoms with Crippen molar-refractivity contribution in [1.29, 1.82) is 0 Å². The number of fused-ring (bicyclic) bond motifs is 1. The van der Waals surface area contributed by atoms with Crippen LogP contribution in [0.25, 0.3) is 0 Å². The van der Waals surface area contributed by atoms with Crippen LogP contribution in [0, 0.1) is 5.92 Å². The highest BCUT2D eigenvalue weighted by atomic mass is 16.1. The molecule has 0 aromatic carbocycles. The zero-order valence-corrected chi connectivity index (χ0v) is 7.75. The lowest BCUT2D eigenvalue weighted by molar-refractivity contribution is -0.129. The molecule has 0 N–H and O–H groups in total. The van der Waals surface area contributed by atoms with Gasteiger partial charge < -0.3 is 0 Å². The van der Waals surface area contributed by atoms with Gasteiger partial charge in [-0.1, -0.05) is 13.3 Å². The lowest BCUT2D eigenvalue weighted by Gasteiger charge is -2.42. The van der Waals surface area contributed by atoms with Crippen LogP contribution in [0.15, 0.2) is 0 Å². The fourth-order valence-corrected chi connectivity index (χ4v) is 2.56. The van der Waals surface area contributed by atoms with Crippen LogP contribution in [0.1, 0.15) is 32.6 Å². The van der Waals surface area contributed by atoms with Gasteiger partial charge in [-0.05, 0) is 19.4 Å². The maximum Gasteiger partial charge on any atom is 0.138 e. The standard InChI is InChI=1S/C10H17NO/c1-8-9-4-2-3-6-11(9)7-5-10(8)12/h8-9H,2-7H2,1H3/t8-,9-/m1/s1. The second-order valence-electron chi connectivity index (χ2n) is 4.10. The molecule has 0 radical (unpaired) electrons. The first kappa shape index (κ1) is 8.24. The largest absolute Gasteiger partial charge is 0.299 e. The van der Waals surface area contributed by atoms with E-state index in [2.05, 4.69) is 11.8 Å². The first-order valence-corrected chi connectivity index (χ1v) is 5.06. The summed E-state index contributed by atoms with van der Waals surface area (Å²) < 4.78 is 0. The molecule has 2 aliphatic rings. The molecule has 0 aromatic rings. The summed E-state index contributed by atoms with van der Waals surface area (Å²) in [5, 5.41) is 0. The van der Waals surface area contributed by atoms with Gasteiger partial charge in [0.05, 0.1) is 0 Å². The maximum atomic E-state index is 11.4. The van der Waals surface area contributed by atoms with Gasteiger partial charge in [0.2, 0.25) is 0 Å². The fraction of sp³-hybridized carbons (Fsp3) is 0.900. The van der Waals surface area contributed by atoms with Gasteiger partial charge in [0.25, 0.3) is 0 Å². The smallest absolute Gasteiger partial charge is 0.138 e. The second-order valence-corrected chi connectivity index (χ2v) is 4.10. The van der Waals surface area contributed by atoms with Crippen LogP contribution in [-0.2, 0) is 4.79 Å². The normalized spacial score (nSPS) is 37.9. The molecule has 2 aliphatic heterocycles. The van der Waals surface area contributed by atoms with E-state index in [1.54, 1.807) is 0 Å². The predicted molar refractivity (Wildman–Crippen MR) is 48.0 cm³/mol. The van der Waals surface area contributed by atoms with E-state index >= 15 is 0 Å². The van der Waals surface area contributed by atoms with E-state index in [1.165, 1.54) is 25.8 Å². The highest BCUT2D eigenvalue weighted by Gasteiger charge is 2.34. The Morgan fingerprint density at radius 1 is 1.33 bits per heavy atom. The summed E-state index contributed by atoms with van der Waals surface area (Å²) in [5.74, 6) is 0.789. The number of piperidine rings is 2. The average Bonchev–Trinajstić information content (AvgIpc) is 2.12. The molecular weight excluding hydrogens is 150 g/mol. The Hall–Kier alpha value is -0.370. The Bertz CT molecular complexity index is 190. The molecular formula is C10H17NO. The van der Waals surface area contributed by atoms with Crippen molar-refractivity contribution >= 4 is 5.78 Å². The Labute approximate surface area is 73.9 Å². The minimum atomic E-state index is 0.305. The Morgan fingerprint density at radius 3 is 3.00 bits per heavy atom. The summed E-state index contributed by atoms with van der Waals surface area (Å²) in [6, 6.07) is 0.583. The first-order chi connectivity index (χ1) is 5.79. The molecule has 2 heterocycles. The molecule has 0 unspecified atom stereocenters. The van der Waals surface area contributed by atoms with Crippen molar-refractivity contribution in [1.82, 2.24) is 4.90 Å². The van der Waals surface area contributed by atoms with Crippen molar-refractivity contribution in [2.45, 2.75) is 38.6 Å². The van der Waals surface area contributed by atoms with Crippen LogP contribution in [0.4, 0.5) is 0 Å². The van der Waals surface area contributed by atoms with Crippen LogP contribution in [0.5, 0.6) is 0 Å². The minimum Gasteiger partial charge on any atom is -0.299 e. The van der Waals surface area contributed by atoms with Gasteiger partial charge in [-0.3, -0.25) is 9.69 Å². The molecule has 2 atom stereocenters. The topological polar surface area (TPSA) is 20.3 Å². The number of rotatable bonds is 0. The van der Waals surface area contributed by atoms with Gasteiger partial charge in [-0.25, -0.2) is 0 Å². The summed E-state index contributed by atoms with van der Waals surface area (Å²) in [7, 11) is 0. The predicted octanol–water partition coefficient (Wildman–Crippen LogP) is 1.45. The molecule has 12 heavy (non-hydrogen) atoms. The number of carbonyl (C=O) groups excluding carboxylic acids is 1. The summed E-state index contributed by atoms with van der Waals surface area (Å²) in [6.07, 6.45) is 4.68. The van der Waals surface area contributed by atoms with E-state index in [0.717, 1.165) is 13.0 Å². The summed E-state index contributed by atoms with van der Waals surface area (Å²) in [6.45, 7) is 4.35. The van der Waals surface area contributed by atoms with E-state index in [1.807, 2.05) is 0 Å². The number of nitrogens with zero attached hydrogens (tertiary/aromatic N) is 1. The Kier molecular flexibility index (Phi) is 2.18. The lowest BCUT2D eigenvalue weighted by atomic mass is 9.84. The molecule has 2 fully saturated rings. The van der Waals surface area contributed by atoms with Gasteiger partial charge in [0.1, 0.15) is 5.78 Å². The molecule has 0 spiro atoms. The number of ketones is 1. The van der Waals surface area contributed by atoms with Crippen molar-refractivity contribution in [2.75, 3.05) is 13.1 Å². The quantitative estimate of drug-likeness (QED) is 0.544. The van der Waals surface area contributed by atoms with Gasteiger partial charge in [0, 0.05) is 24.9 Å². The molecule has 68 valence electrons. The van der Waals surface area contributed by atoms with Crippen molar-refractivity contribution < 1.29 is 4.79 Å². The van der Waals surface area contributed by atoms with Crippen LogP contribution in [-0.4, -0.2) is 29.8 Å². The highest BCUT2D eigenvalue weighted by molar-refractivity contribution is 5.82. The van der Waals surface area contributed by atoms with E-state index < -0.39 is 0 Å². The van der Waals surface area contributed by atoms with Gasteiger partial charge in [0.15, 0.2) is 0 Å². The third kappa shape index (κ3) is 1.28. The SMILES string of the molecule is C[C@H]1C(=O)CCN2CCCC[C@H]12. The molecule has 2 saturated heterocycles. The van der Waals surface area contributed by atoms with E-state index in [9.17, 15) is 4.79 Å². The number of hydrogen-bond acceptors (Lipinski definition) is 2. The van der Waals surface area contributed by atoms with Gasteiger partial charge in [-0.15, -0.1) is 0 Å². The molecule has 0 amide bonds. The third-order valence-electron chi connectivity index (χ3n) is 3.39. The van der Waals surface area contributed by atoms with Crippen molar-refractivity contribution in [3.63, 3.8) is 0 Å². The summed E-state index contributed by atoms with van der Waals surface area (Å²) in [4.78, 5) is 13.9. The number of Topliss-reactive ketones (excluding diaryl/α,β-unsaturated/α-hetero) is 1. The van der Waals surface area contributed by atoms with Gasteiger partial charge >= 0.3 is 0 Å². The summed E-state index contributed by atoms with van der Waals surface area (Å²) >= 11 is 0. The zero-order valence-electron chi connectivity index (χ0n) is 7.75. The van der Waals surface area contributed by atoms with Crippen LogP contribution < -0.4 is 0 Å². The van der Waals surface area contributed by atoms with Crippen molar-refractivity contribution in [3.8, 4) is 0 Å². The average molecular weight is 167 g/mol. The minimum absolute atomic E-state index is 0.305. The molecule has 0 aliphatic carbocycles. The second kappa shape index (κ2) is 3.17. The Balaban J connectivity index is 2.08. The zero-order chi connectivity index (χ0) is 8.55. The molecule has 2 heteroatoms. The van der Waals surface area contributed by atoms with Crippen LogP contribution >= 0.6 is 0 Å². The number of carbonyl (C=O) groups is 1. The molecule has 2 rings (SSSR count). The monoisotopic (exact) mass is 167 g/mol. The number of hydrogen-bond donors (Lipinski definition) is 0. The fourth-order valence-electron chi connectivity index (χ4n) is 2.56. The maximum absolute atomic E-state index is 11.4. The summed E-state index contributed by atoms with van der Waals surface area (Å²) in [5.41, 5.74) is 0. The van der Waals surface area contributed by atoms with Gasteiger partial charge in [-0.2, -0.15) is 0 Å². The van der Waals surface area contributed by atoms with E-state index in [4.69, 9.17) is 0 Å². The molecule has 2 nitrogen and oxygen atoms in total. The van der Waals surface area contributed by atoms with Crippen LogP contribution in [0.3, 0.4) is 0 Å². The molecule has 0 saturated carbocycles. The van der Waals surface area contributed by atoms with Crippen molar-refractivity contribution in [3.05, 3.63) is 0 Å². The highest BCUT2D eigenvalue weighted by Crippen LogP contribution is 2.28. The lowest BCUT2D eigenvalue weighted by Crippen LogP contribution is -2.50. The molecule has 0 bridgehead atoms. The molecule has 0 aromatic heterocycles. The van der Waals surface area contributed by atoms with Crippen LogP contribution in [0.2, 0.25) is 0 Å². The van der Waals surface area contributed by atoms with E-state index in [0.29, 0.717) is 17.7 Å². The van der Waals surface area contributed by atoms with E-state index in [-0.39, 0.29) is 0 Å². The first-order valence-electron chi connectivity index (χ1n) is 5.06.